The molecule has 5 nitrogen and oxygen atoms in total. The molecule has 2 amide bonds. The molecule has 0 aliphatic heterocycles. The Bertz CT molecular complexity index is 163. The molecule has 5 heteroatoms. The summed E-state index contributed by atoms with van der Waals surface area (Å²) in [6.45, 7) is 0. The van der Waals surface area contributed by atoms with Crippen molar-refractivity contribution in [3.63, 3.8) is 0 Å². The zero-order chi connectivity index (χ0) is 9.72. The Kier molecular flexibility index (Phi) is 4.28. The predicted octanol–water partition coefficient (Wildman–Crippen LogP) is -1.33. The van der Waals surface area contributed by atoms with E-state index in [2.05, 4.69) is 0 Å². The molecule has 0 saturated heterocycles. The van der Waals surface area contributed by atoms with E-state index in [1.807, 2.05) is 0 Å². The highest BCUT2D eigenvalue weighted by Gasteiger charge is 2.16. The molecule has 4 N–H and O–H groups in total. The molecular formula is C7H15N3O2. The molecule has 0 fully saturated rings. The third-order valence-corrected chi connectivity index (χ3v) is 1.60. The van der Waals surface area contributed by atoms with Crippen LogP contribution in [0.1, 0.15) is 12.8 Å². The van der Waals surface area contributed by atoms with E-state index >= 15 is 0 Å². The van der Waals surface area contributed by atoms with Gasteiger partial charge in [-0.1, -0.05) is 0 Å². The van der Waals surface area contributed by atoms with Gasteiger partial charge in [0.15, 0.2) is 0 Å². The molecule has 0 heterocycles. The van der Waals surface area contributed by atoms with E-state index in [1.165, 1.54) is 0 Å². The molecule has 0 aliphatic rings. The quantitative estimate of drug-likeness (QED) is 0.539. The van der Waals surface area contributed by atoms with Crippen molar-refractivity contribution in [1.29, 1.82) is 0 Å². The molecule has 0 spiro atoms. The zero-order valence-electron chi connectivity index (χ0n) is 7.41. The molecule has 0 rings (SSSR count). The maximum atomic E-state index is 10.5. The van der Waals surface area contributed by atoms with Crippen molar-refractivity contribution < 1.29 is 9.59 Å². The van der Waals surface area contributed by atoms with E-state index in [1.54, 1.807) is 19.0 Å². The summed E-state index contributed by atoms with van der Waals surface area (Å²) in [5.41, 5.74) is 9.98. The van der Waals surface area contributed by atoms with Gasteiger partial charge in [0.05, 0.1) is 0 Å². The van der Waals surface area contributed by atoms with E-state index in [0.29, 0.717) is 0 Å². The van der Waals surface area contributed by atoms with Crippen LogP contribution in [0, 0.1) is 0 Å². The highest BCUT2D eigenvalue weighted by Crippen LogP contribution is 2.03. The number of primary amides is 2. The van der Waals surface area contributed by atoms with Gasteiger partial charge >= 0.3 is 0 Å². The Morgan fingerprint density at radius 2 is 1.50 bits per heavy atom. The lowest BCUT2D eigenvalue weighted by Gasteiger charge is -2.21. The van der Waals surface area contributed by atoms with Crippen molar-refractivity contribution in [2.75, 3.05) is 14.1 Å². The third kappa shape index (κ3) is 4.68. The lowest BCUT2D eigenvalue weighted by Crippen LogP contribution is -2.36. The topological polar surface area (TPSA) is 89.4 Å². The molecule has 0 aromatic rings. The van der Waals surface area contributed by atoms with E-state index < -0.39 is 11.8 Å². The Morgan fingerprint density at radius 3 is 1.67 bits per heavy atom. The second-order valence-electron chi connectivity index (χ2n) is 2.96. The largest absolute Gasteiger partial charge is 0.370 e. The van der Waals surface area contributed by atoms with Gasteiger partial charge in [-0.25, -0.2) is 0 Å². The fraction of sp³-hybridized carbons (Fsp3) is 0.714. The summed E-state index contributed by atoms with van der Waals surface area (Å²) in [5, 5.41) is 0. The normalized spacial score (nSPS) is 10.7. The summed E-state index contributed by atoms with van der Waals surface area (Å²) in [6.07, 6.45) is 0.325. The molecule has 70 valence electrons. The molecular weight excluding hydrogens is 158 g/mol. The summed E-state index contributed by atoms with van der Waals surface area (Å²) < 4.78 is 0. The van der Waals surface area contributed by atoms with Crippen molar-refractivity contribution in [3.05, 3.63) is 0 Å². The molecule has 0 radical (unpaired) electrons. The van der Waals surface area contributed by atoms with Gasteiger partial charge in [-0.15, -0.1) is 0 Å². The summed E-state index contributed by atoms with van der Waals surface area (Å²) >= 11 is 0. The van der Waals surface area contributed by atoms with Gasteiger partial charge < -0.3 is 16.4 Å². The number of nitrogens with zero attached hydrogens (tertiary/aromatic N) is 1. The lowest BCUT2D eigenvalue weighted by atomic mass is 10.1. The van der Waals surface area contributed by atoms with Gasteiger partial charge in [-0.3, -0.25) is 9.59 Å². The monoisotopic (exact) mass is 173 g/mol. The SMILES string of the molecule is CN(C)C(CC(N)=O)CC(N)=O. The van der Waals surface area contributed by atoms with E-state index in [4.69, 9.17) is 11.5 Å². The smallest absolute Gasteiger partial charge is 0.219 e. The minimum atomic E-state index is -0.421. The number of carbonyl (C=O) groups excluding carboxylic acids is 2. The van der Waals surface area contributed by atoms with E-state index in [0.717, 1.165) is 0 Å². The molecule has 0 bridgehead atoms. The average molecular weight is 173 g/mol. The molecule has 0 atom stereocenters. The first-order valence-corrected chi connectivity index (χ1v) is 3.66. The van der Waals surface area contributed by atoms with Crippen LogP contribution >= 0.6 is 0 Å². The molecule has 0 aromatic heterocycles. The summed E-state index contributed by atoms with van der Waals surface area (Å²) in [4.78, 5) is 22.8. The van der Waals surface area contributed by atoms with Crippen LogP contribution in [0.15, 0.2) is 0 Å². The number of rotatable bonds is 5. The number of hydrogen-bond donors (Lipinski definition) is 2. The van der Waals surface area contributed by atoms with Gasteiger partial charge in [0.2, 0.25) is 11.8 Å². The van der Waals surface area contributed by atoms with Gasteiger partial charge in [-0.05, 0) is 14.1 Å². The number of amides is 2. The van der Waals surface area contributed by atoms with Gasteiger partial charge in [0, 0.05) is 18.9 Å². The number of carbonyl (C=O) groups is 2. The van der Waals surface area contributed by atoms with Crippen LogP contribution in [-0.4, -0.2) is 36.9 Å². The minimum absolute atomic E-state index is 0.163. The van der Waals surface area contributed by atoms with Gasteiger partial charge in [-0.2, -0.15) is 0 Å². The van der Waals surface area contributed by atoms with Crippen LogP contribution in [0.4, 0.5) is 0 Å². The minimum Gasteiger partial charge on any atom is -0.370 e. The Labute approximate surface area is 71.7 Å². The highest BCUT2D eigenvalue weighted by molar-refractivity contribution is 5.78. The van der Waals surface area contributed by atoms with Crippen LogP contribution in [0.3, 0.4) is 0 Å². The van der Waals surface area contributed by atoms with Crippen LogP contribution in [0.5, 0.6) is 0 Å². The highest BCUT2D eigenvalue weighted by atomic mass is 16.1. The molecule has 0 aromatic carbocycles. The predicted molar refractivity (Wildman–Crippen MR) is 45.1 cm³/mol. The maximum Gasteiger partial charge on any atom is 0.219 e. The van der Waals surface area contributed by atoms with Crippen molar-refractivity contribution in [2.24, 2.45) is 11.5 Å². The number of hydrogen-bond acceptors (Lipinski definition) is 3. The molecule has 0 unspecified atom stereocenters. The molecule has 0 aliphatic carbocycles. The zero-order valence-corrected chi connectivity index (χ0v) is 7.41. The third-order valence-electron chi connectivity index (χ3n) is 1.60. The summed E-state index contributed by atoms with van der Waals surface area (Å²) in [7, 11) is 3.55. The van der Waals surface area contributed by atoms with Crippen molar-refractivity contribution in [2.45, 2.75) is 18.9 Å². The Hall–Kier alpha value is -1.10. The summed E-state index contributed by atoms with van der Waals surface area (Å²) in [5.74, 6) is -0.843. The van der Waals surface area contributed by atoms with Crippen LogP contribution in [0.2, 0.25) is 0 Å². The fourth-order valence-corrected chi connectivity index (χ4v) is 0.902. The Balaban J connectivity index is 4.04. The fourth-order valence-electron chi connectivity index (χ4n) is 0.902. The second kappa shape index (κ2) is 4.71. The van der Waals surface area contributed by atoms with Gasteiger partial charge in [0.1, 0.15) is 0 Å². The van der Waals surface area contributed by atoms with Crippen molar-refractivity contribution in [1.82, 2.24) is 4.90 Å². The first-order chi connectivity index (χ1) is 5.43. The molecule has 0 saturated carbocycles. The first-order valence-electron chi connectivity index (χ1n) is 3.66. The van der Waals surface area contributed by atoms with Crippen LogP contribution in [-0.2, 0) is 9.59 Å². The van der Waals surface area contributed by atoms with E-state index in [-0.39, 0.29) is 18.9 Å². The molecule has 12 heavy (non-hydrogen) atoms. The lowest BCUT2D eigenvalue weighted by molar-refractivity contribution is -0.121. The van der Waals surface area contributed by atoms with Crippen molar-refractivity contribution in [3.8, 4) is 0 Å². The van der Waals surface area contributed by atoms with Crippen molar-refractivity contribution >= 4 is 11.8 Å². The van der Waals surface area contributed by atoms with Crippen LogP contribution < -0.4 is 11.5 Å². The van der Waals surface area contributed by atoms with E-state index in [9.17, 15) is 9.59 Å². The second-order valence-corrected chi connectivity index (χ2v) is 2.96. The standard InChI is InChI=1S/C7H15N3O2/c1-10(2)5(3-6(8)11)4-7(9)12/h5H,3-4H2,1-2H3,(H2,8,11)(H2,9,12). The van der Waals surface area contributed by atoms with Gasteiger partial charge in [0.25, 0.3) is 0 Å². The Morgan fingerprint density at radius 1 is 1.17 bits per heavy atom. The maximum absolute atomic E-state index is 10.5. The van der Waals surface area contributed by atoms with Crippen LogP contribution in [0.25, 0.3) is 0 Å². The number of nitrogens with two attached hydrogens (primary N) is 2. The first kappa shape index (κ1) is 10.9. The summed E-state index contributed by atoms with van der Waals surface area (Å²) in [6, 6.07) is -0.181. The average Bonchev–Trinajstić information content (AvgIpc) is 1.83.